The Hall–Kier alpha value is -1.55. The third-order valence-electron chi connectivity index (χ3n) is 3.04. The summed E-state index contributed by atoms with van der Waals surface area (Å²) in [4.78, 5) is 16.5. The minimum atomic E-state index is -3.81. The second kappa shape index (κ2) is 7.14. The van der Waals surface area contributed by atoms with E-state index in [0.717, 1.165) is 17.1 Å². The number of sulfonamides is 1. The molecule has 1 amide bonds. The Morgan fingerprint density at radius 2 is 2.00 bits per heavy atom. The van der Waals surface area contributed by atoms with Crippen molar-refractivity contribution < 1.29 is 13.2 Å². The Labute approximate surface area is 152 Å². The van der Waals surface area contributed by atoms with Crippen LogP contribution in [-0.4, -0.2) is 31.8 Å². The predicted molar refractivity (Wildman–Crippen MR) is 98.8 cm³/mol. The molecule has 0 atom stereocenters. The summed E-state index contributed by atoms with van der Waals surface area (Å²) in [5.41, 5.74) is 0.419. The fourth-order valence-corrected chi connectivity index (χ4v) is 5.27. The lowest BCUT2D eigenvalue weighted by Gasteiger charge is -2.11. The normalized spacial score (nSPS) is 14.3. The number of anilines is 1. The molecule has 6 nitrogen and oxygen atoms in total. The van der Waals surface area contributed by atoms with Gasteiger partial charge in [-0.1, -0.05) is 35.5 Å². The Balaban J connectivity index is 1.85. The smallest absolute Gasteiger partial charge is 0.271 e. The standard InChI is InChI=1S/C14H12ClN3O3S3/c15-11-5-6-12(23-11)24(20,21)18-10-4-2-1-3-9(10)13(19)17-14-16-7-8-22-14/h1-6,18H,7-8H2,(H,16,17,19). The number of para-hydroxylation sites is 1. The number of rotatable bonds is 4. The van der Waals surface area contributed by atoms with Gasteiger partial charge in [-0.2, -0.15) is 0 Å². The third kappa shape index (κ3) is 3.92. The van der Waals surface area contributed by atoms with E-state index in [0.29, 0.717) is 16.0 Å². The number of nitrogens with one attached hydrogen (secondary N) is 2. The van der Waals surface area contributed by atoms with Crippen molar-refractivity contribution >= 4 is 61.5 Å². The molecular weight excluding hydrogens is 390 g/mol. The molecule has 126 valence electrons. The summed E-state index contributed by atoms with van der Waals surface area (Å²) in [5, 5.41) is 3.23. The van der Waals surface area contributed by atoms with Gasteiger partial charge in [0.05, 0.1) is 22.1 Å². The van der Waals surface area contributed by atoms with E-state index in [1.54, 1.807) is 18.2 Å². The molecule has 1 aliphatic heterocycles. The Kier molecular flexibility index (Phi) is 5.14. The van der Waals surface area contributed by atoms with Gasteiger partial charge in [-0.05, 0) is 24.3 Å². The first-order valence-electron chi connectivity index (χ1n) is 6.81. The summed E-state index contributed by atoms with van der Waals surface area (Å²) >= 11 is 8.19. The molecule has 2 heterocycles. The molecule has 24 heavy (non-hydrogen) atoms. The van der Waals surface area contributed by atoms with Crippen LogP contribution in [0.3, 0.4) is 0 Å². The van der Waals surface area contributed by atoms with Gasteiger partial charge in [0.1, 0.15) is 4.21 Å². The Bertz CT molecular complexity index is 909. The summed E-state index contributed by atoms with van der Waals surface area (Å²) in [6.45, 7) is 0.660. The van der Waals surface area contributed by atoms with E-state index >= 15 is 0 Å². The average Bonchev–Trinajstić information content (AvgIpc) is 3.19. The van der Waals surface area contributed by atoms with E-state index < -0.39 is 15.9 Å². The van der Waals surface area contributed by atoms with E-state index in [4.69, 9.17) is 11.6 Å². The van der Waals surface area contributed by atoms with Crippen molar-refractivity contribution in [3.05, 3.63) is 46.3 Å². The second-order valence-corrected chi connectivity index (χ2v) is 9.41. The van der Waals surface area contributed by atoms with E-state index in [9.17, 15) is 13.2 Å². The lowest BCUT2D eigenvalue weighted by Crippen LogP contribution is -2.28. The van der Waals surface area contributed by atoms with Crippen molar-refractivity contribution in [1.29, 1.82) is 0 Å². The number of carbonyl (C=O) groups is 1. The zero-order chi connectivity index (χ0) is 17.2. The molecule has 2 aromatic rings. The molecule has 10 heteroatoms. The monoisotopic (exact) mass is 401 g/mol. The molecule has 0 unspecified atom stereocenters. The summed E-state index contributed by atoms with van der Waals surface area (Å²) in [5.74, 6) is 0.411. The van der Waals surface area contributed by atoms with E-state index in [1.165, 1.54) is 30.0 Å². The first kappa shape index (κ1) is 17.3. The van der Waals surface area contributed by atoms with Crippen molar-refractivity contribution in [1.82, 2.24) is 5.32 Å². The van der Waals surface area contributed by atoms with Crippen LogP contribution in [0.5, 0.6) is 0 Å². The van der Waals surface area contributed by atoms with Gasteiger partial charge >= 0.3 is 0 Å². The highest BCUT2D eigenvalue weighted by Gasteiger charge is 2.21. The second-order valence-electron chi connectivity index (χ2n) is 4.70. The highest BCUT2D eigenvalue weighted by atomic mass is 35.5. The minimum Gasteiger partial charge on any atom is -0.301 e. The maximum Gasteiger partial charge on any atom is 0.271 e. The number of thiophene rings is 1. The molecule has 0 radical (unpaired) electrons. The largest absolute Gasteiger partial charge is 0.301 e. The van der Waals surface area contributed by atoms with E-state index in [2.05, 4.69) is 15.0 Å². The maximum atomic E-state index is 12.4. The van der Waals surface area contributed by atoms with Crippen LogP contribution < -0.4 is 10.0 Å². The highest BCUT2D eigenvalue weighted by Crippen LogP contribution is 2.28. The SMILES string of the molecule is O=C(NC1=NCCS1)c1ccccc1NS(=O)(=O)c1ccc(Cl)s1. The topological polar surface area (TPSA) is 87.6 Å². The molecule has 1 aliphatic rings. The van der Waals surface area contributed by atoms with Crippen LogP contribution in [0.4, 0.5) is 5.69 Å². The van der Waals surface area contributed by atoms with Crippen LogP contribution in [-0.2, 0) is 10.0 Å². The van der Waals surface area contributed by atoms with Crippen LogP contribution in [0.25, 0.3) is 0 Å². The molecule has 0 fully saturated rings. The fraction of sp³-hybridized carbons (Fsp3) is 0.143. The van der Waals surface area contributed by atoms with Gasteiger partial charge < -0.3 is 5.32 Å². The number of thioether (sulfide) groups is 1. The average molecular weight is 402 g/mol. The van der Waals surface area contributed by atoms with Crippen molar-refractivity contribution in [2.45, 2.75) is 4.21 Å². The van der Waals surface area contributed by atoms with Crippen LogP contribution in [0, 0.1) is 0 Å². The molecule has 0 saturated carbocycles. The van der Waals surface area contributed by atoms with Crippen molar-refractivity contribution in [3.63, 3.8) is 0 Å². The van der Waals surface area contributed by atoms with Gasteiger partial charge in [-0.3, -0.25) is 14.5 Å². The Morgan fingerprint density at radius 3 is 2.67 bits per heavy atom. The summed E-state index contributed by atoms with van der Waals surface area (Å²) in [7, 11) is -3.81. The number of nitrogens with zero attached hydrogens (tertiary/aromatic N) is 1. The number of hydrogen-bond donors (Lipinski definition) is 2. The lowest BCUT2D eigenvalue weighted by atomic mass is 10.2. The van der Waals surface area contributed by atoms with Gasteiger partial charge in [0.15, 0.2) is 5.17 Å². The molecular formula is C14H12ClN3O3S3. The van der Waals surface area contributed by atoms with Gasteiger partial charge in [0.25, 0.3) is 15.9 Å². The molecule has 0 aliphatic carbocycles. The number of carbonyl (C=O) groups excluding carboxylic acids is 1. The number of aliphatic imine (C=N–C) groups is 1. The molecule has 0 spiro atoms. The number of halogens is 1. The number of amidine groups is 1. The maximum absolute atomic E-state index is 12.4. The van der Waals surface area contributed by atoms with Crippen LogP contribution in [0.2, 0.25) is 4.34 Å². The zero-order valence-electron chi connectivity index (χ0n) is 12.2. The minimum absolute atomic E-state index is 0.0819. The van der Waals surface area contributed by atoms with Gasteiger partial charge in [0, 0.05) is 5.75 Å². The first-order valence-corrected chi connectivity index (χ1v) is 10.5. The van der Waals surface area contributed by atoms with Crippen molar-refractivity contribution in [2.75, 3.05) is 17.0 Å². The lowest BCUT2D eigenvalue weighted by molar-refractivity contribution is 0.0979. The molecule has 3 rings (SSSR count). The zero-order valence-corrected chi connectivity index (χ0v) is 15.4. The summed E-state index contributed by atoms with van der Waals surface area (Å²) in [6.07, 6.45) is 0. The third-order valence-corrected chi connectivity index (χ3v) is 7.02. The Morgan fingerprint density at radius 1 is 1.21 bits per heavy atom. The fourth-order valence-electron chi connectivity index (χ4n) is 1.98. The predicted octanol–water partition coefficient (Wildman–Crippen LogP) is 3.03. The van der Waals surface area contributed by atoms with E-state index in [-0.39, 0.29) is 15.5 Å². The van der Waals surface area contributed by atoms with Crippen molar-refractivity contribution in [3.8, 4) is 0 Å². The number of amides is 1. The molecule has 2 N–H and O–H groups in total. The van der Waals surface area contributed by atoms with Crippen LogP contribution in [0.15, 0.2) is 45.6 Å². The number of benzene rings is 1. The molecule has 1 aromatic heterocycles. The van der Waals surface area contributed by atoms with Crippen LogP contribution in [0.1, 0.15) is 10.4 Å². The van der Waals surface area contributed by atoms with Gasteiger partial charge in [-0.15, -0.1) is 11.3 Å². The molecule has 0 saturated heterocycles. The van der Waals surface area contributed by atoms with E-state index in [1.807, 2.05) is 0 Å². The van der Waals surface area contributed by atoms with Crippen molar-refractivity contribution in [2.24, 2.45) is 4.99 Å². The molecule has 1 aromatic carbocycles. The molecule has 0 bridgehead atoms. The summed E-state index contributed by atoms with van der Waals surface area (Å²) in [6, 6.07) is 9.33. The van der Waals surface area contributed by atoms with Gasteiger partial charge in [-0.25, -0.2) is 8.42 Å². The number of hydrogen-bond acceptors (Lipinski definition) is 6. The van der Waals surface area contributed by atoms with Crippen LogP contribution >= 0.6 is 34.7 Å². The first-order chi connectivity index (χ1) is 11.5. The highest BCUT2D eigenvalue weighted by molar-refractivity contribution is 8.14. The quantitative estimate of drug-likeness (QED) is 0.824. The van der Waals surface area contributed by atoms with Gasteiger partial charge in [0.2, 0.25) is 0 Å². The summed E-state index contributed by atoms with van der Waals surface area (Å²) < 4.78 is 27.7.